The van der Waals surface area contributed by atoms with Crippen molar-refractivity contribution in [3.63, 3.8) is 0 Å². The van der Waals surface area contributed by atoms with Crippen molar-refractivity contribution >= 4 is 21.7 Å². The minimum absolute atomic E-state index is 0.0382. The van der Waals surface area contributed by atoms with Gasteiger partial charge in [0, 0.05) is 12.5 Å². The molecule has 1 unspecified atom stereocenters. The molecule has 0 aromatic carbocycles. The molecule has 0 aliphatic carbocycles. The first-order valence-corrected chi connectivity index (χ1v) is 6.75. The molecule has 3 nitrogen and oxygen atoms in total. The molecule has 0 radical (unpaired) electrons. The zero-order valence-corrected chi connectivity index (χ0v) is 11.9. The van der Waals surface area contributed by atoms with Crippen molar-refractivity contribution in [3.05, 3.63) is 16.5 Å². The highest BCUT2D eigenvalue weighted by molar-refractivity contribution is 9.10. The van der Waals surface area contributed by atoms with Gasteiger partial charge in [-0.2, -0.15) is 0 Å². The summed E-state index contributed by atoms with van der Waals surface area (Å²) in [6.45, 7) is 4.23. The molecule has 1 heterocycles. The Morgan fingerprint density at radius 3 is 2.76 bits per heavy atom. The van der Waals surface area contributed by atoms with Crippen molar-refractivity contribution < 1.29 is 0 Å². The summed E-state index contributed by atoms with van der Waals surface area (Å²) >= 11 is 3.39. The summed E-state index contributed by atoms with van der Waals surface area (Å²) in [7, 11) is 0. The lowest BCUT2D eigenvalue weighted by atomic mass is 10.2. The largest absolute Gasteiger partial charge is 0.356 e. The first-order valence-electron chi connectivity index (χ1n) is 5.95. The van der Waals surface area contributed by atoms with Crippen LogP contribution in [-0.4, -0.2) is 16.0 Å². The normalized spacial score (nSPS) is 11.9. The first kappa shape index (κ1) is 14.0. The van der Waals surface area contributed by atoms with Crippen LogP contribution in [0, 0.1) is 12.3 Å². The zero-order valence-electron chi connectivity index (χ0n) is 10.3. The number of anilines is 1. The Bertz CT molecular complexity index is 398. The Balaban J connectivity index is 2.79. The second kappa shape index (κ2) is 7.29. The molecule has 0 aliphatic heterocycles. The zero-order chi connectivity index (χ0) is 12.7. The van der Waals surface area contributed by atoms with Crippen molar-refractivity contribution in [2.24, 2.45) is 0 Å². The Morgan fingerprint density at radius 1 is 1.41 bits per heavy atom. The third-order valence-corrected chi connectivity index (χ3v) is 2.72. The predicted molar refractivity (Wildman–Crippen MR) is 74.9 cm³/mol. The second-order valence-corrected chi connectivity index (χ2v) is 4.71. The molecule has 1 N–H and O–H groups in total. The number of hydrogen-bond donors (Lipinski definition) is 1. The molecule has 0 bridgehead atoms. The molecule has 0 fully saturated rings. The summed E-state index contributed by atoms with van der Waals surface area (Å²) in [5.74, 6) is 4.38. The standard InChI is InChI=1S/C13H18BrN3/c1-4-7-10(6-3)15-13-9-11(14)16-12(17-13)8-5-2/h3,9-10H,4-5,7-8H2,1-2H3,(H,15,16,17). The van der Waals surface area contributed by atoms with E-state index in [0.29, 0.717) is 0 Å². The molecule has 17 heavy (non-hydrogen) atoms. The van der Waals surface area contributed by atoms with Crippen LogP contribution in [0.15, 0.2) is 10.7 Å². The van der Waals surface area contributed by atoms with Gasteiger partial charge in [0.1, 0.15) is 16.2 Å². The van der Waals surface area contributed by atoms with Crippen LogP contribution in [0.1, 0.15) is 38.9 Å². The van der Waals surface area contributed by atoms with E-state index >= 15 is 0 Å². The fourth-order valence-electron chi connectivity index (χ4n) is 1.54. The van der Waals surface area contributed by atoms with Crippen LogP contribution in [0.4, 0.5) is 5.82 Å². The van der Waals surface area contributed by atoms with Crippen molar-refractivity contribution in [2.45, 2.75) is 45.6 Å². The Morgan fingerprint density at radius 2 is 2.18 bits per heavy atom. The van der Waals surface area contributed by atoms with E-state index in [0.717, 1.165) is 41.9 Å². The Hall–Kier alpha value is -1.08. The highest BCUT2D eigenvalue weighted by Gasteiger charge is 2.07. The van der Waals surface area contributed by atoms with Crippen molar-refractivity contribution in [1.29, 1.82) is 0 Å². The van der Waals surface area contributed by atoms with E-state index in [9.17, 15) is 0 Å². The number of aryl methyl sites for hydroxylation is 1. The molecular formula is C13H18BrN3. The lowest BCUT2D eigenvalue weighted by Crippen LogP contribution is -2.18. The smallest absolute Gasteiger partial charge is 0.132 e. The first-order chi connectivity index (χ1) is 8.19. The van der Waals surface area contributed by atoms with Gasteiger partial charge in [-0.25, -0.2) is 9.97 Å². The molecule has 0 saturated heterocycles. The molecule has 1 aromatic rings. The number of aromatic nitrogens is 2. The summed E-state index contributed by atoms with van der Waals surface area (Å²) < 4.78 is 0.797. The van der Waals surface area contributed by atoms with Crippen LogP contribution in [0.5, 0.6) is 0 Å². The minimum Gasteiger partial charge on any atom is -0.356 e. The predicted octanol–water partition coefficient (Wildman–Crippen LogP) is 3.41. The van der Waals surface area contributed by atoms with Gasteiger partial charge in [0.15, 0.2) is 0 Å². The van der Waals surface area contributed by atoms with Gasteiger partial charge in [-0.1, -0.05) is 26.2 Å². The monoisotopic (exact) mass is 295 g/mol. The molecule has 92 valence electrons. The van der Waals surface area contributed by atoms with E-state index in [2.05, 4.69) is 51.0 Å². The molecule has 0 saturated carbocycles. The van der Waals surface area contributed by atoms with Crippen LogP contribution in [0.25, 0.3) is 0 Å². The number of halogens is 1. The highest BCUT2D eigenvalue weighted by atomic mass is 79.9. The van der Waals surface area contributed by atoms with Crippen molar-refractivity contribution in [1.82, 2.24) is 9.97 Å². The van der Waals surface area contributed by atoms with Crippen LogP contribution in [-0.2, 0) is 6.42 Å². The average Bonchev–Trinajstić information content (AvgIpc) is 2.28. The summed E-state index contributed by atoms with van der Waals surface area (Å²) in [5, 5.41) is 3.25. The van der Waals surface area contributed by atoms with Crippen LogP contribution < -0.4 is 5.32 Å². The molecule has 1 rings (SSSR count). The van der Waals surface area contributed by atoms with Crippen LogP contribution in [0.3, 0.4) is 0 Å². The maximum absolute atomic E-state index is 5.47. The van der Waals surface area contributed by atoms with Gasteiger partial charge in [-0.05, 0) is 28.8 Å². The fourth-order valence-corrected chi connectivity index (χ4v) is 1.96. The number of hydrogen-bond acceptors (Lipinski definition) is 3. The number of rotatable bonds is 6. The van der Waals surface area contributed by atoms with E-state index in [-0.39, 0.29) is 6.04 Å². The highest BCUT2D eigenvalue weighted by Crippen LogP contribution is 2.15. The van der Waals surface area contributed by atoms with E-state index in [4.69, 9.17) is 6.42 Å². The summed E-state index contributed by atoms with van der Waals surface area (Å²) in [6, 6.07) is 1.90. The molecule has 0 amide bonds. The lowest BCUT2D eigenvalue weighted by Gasteiger charge is -2.13. The third kappa shape index (κ3) is 4.74. The third-order valence-electron chi connectivity index (χ3n) is 2.32. The molecule has 1 aromatic heterocycles. The van der Waals surface area contributed by atoms with Gasteiger partial charge in [0.05, 0.1) is 6.04 Å². The van der Waals surface area contributed by atoms with Crippen LogP contribution in [0.2, 0.25) is 0 Å². The van der Waals surface area contributed by atoms with Crippen LogP contribution >= 0.6 is 15.9 Å². The average molecular weight is 296 g/mol. The summed E-state index contributed by atoms with van der Waals surface area (Å²) in [4.78, 5) is 8.76. The Labute approximate surface area is 112 Å². The molecule has 0 aliphatic rings. The van der Waals surface area contributed by atoms with E-state index in [1.807, 2.05) is 6.07 Å². The second-order valence-electron chi connectivity index (χ2n) is 3.89. The van der Waals surface area contributed by atoms with Gasteiger partial charge in [0.2, 0.25) is 0 Å². The van der Waals surface area contributed by atoms with Gasteiger partial charge in [-0.3, -0.25) is 0 Å². The maximum Gasteiger partial charge on any atom is 0.132 e. The number of nitrogens with zero attached hydrogens (tertiary/aromatic N) is 2. The number of nitrogens with one attached hydrogen (secondary N) is 1. The van der Waals surface area contributed by atoms with E-state index < -0.39 is 0 Å². The maximum atomic E-state index is 5.47. The summed E-state index contributed by atoms with van der Waals surface area (Å²) in [6.07, 6.45) is 9.38. The minimum atomic E-state index is 0.0382. The van der Waals surface area contributed by atoms with Crippen molar-refractivity contribution in [2.75, 3.05) is 5.32 Å². The summed E-state index contributed by atoms with van der Waals surface area (Å²) in [5.41, 5.74) is 0. The van der Waals surface area contributed by atoms with Gasteiger partial charge in [-0.15, -0.1) is 6.42 Å². The SMILES string of the molecule is C#CC(CCC)Nc1cc(Br)nc(CCC)n1. The Kier molecular flexibility index (Phi) is 5.99. The van der Waals surface area contributed by atoms with Crippen molar-refractivity contribution in [3.8, 4) is 12.3 Å². The van der Waals surface area contributed by atoms with E-state index in [1.165, 1.54) is 0 Å². The topological polar surface area (TPSA) is 37.8 Å². The van der Waals surface area contributed by atoms with Gasteiger partial charge in [0.25, 0.3) is 0 Å². The van der Waals surface area contributed by atoms with Gasteiger partial charge < -0.3 is 5.32 Å². The molecule has 4 heteroatoms. The molecule has 0 spiro atoms. The molecular weight excluding hydrogens is 278 g/mol. The van der Waals surface area contributed by atoms with Gasteiger partial charge >= 0.3 is 0 Å². The quantitative estimate of drug-likeness (QED) is 0.646. The molecule has 1 atom stereocenters. The number of terminal acetylenes is 1. The fraction of sp³-hybridized carbons (Fsp3) is 0.538. The lowest BCUT2D eigenvalue weighted by molar-refractivity contribution is 0.747. The van der Waals surface area contributed by atoms with E-state index in [1.54, 1.807) is 0 Å².